The van der Waals surface area contributed by atoms with Crippen molar-refractivity contribution in [3.63, 3.8) is 0 Å². The number of likely N-dealkylation sites (N-methyl/N-ethyl adjacent to an activating group) is 1. The van der Waals surface area contributed by atoms with Gasteiger partial charge in [0.2, 0.25) is 0 Å². The van der Waals surface area contributed by atoms with Crippen LogP contribution in [0.4, 0.5) is 4.39 Å². The van der Waals surface area contributed by atoms with Gasteiger partial charge in [0, 0.05) is 25.7 Å². The van der Waals surface area contributed by atoms with Crippen LogP contribution in [0.2, 0.25) is 0 Å². The zero-order valence-corrected chi connectivity index (χ0v) is 9.91. The van der Waals surface area contributed by atoms with Gasteiger partial charge in [-0.25, -0.2) is 4.39 Å². The first-order valence-corrected chi connectivity index (χ1v) is 5.84. The van der Waals surface area contributed by atoms with Gasteiger partial charge < -0.3 is 10.2 Å². The summed E-state index contributed by atoms with van der Waals surface area (Å²) in [5.41, 5.74) is 0.821. The summed E-state index contributed by atoms with van der Waals surface area (Å²) in [4.78, 5) is 2.31. The molecule has 2 nitrogen and oxygen atoms in total. The van der Waals surface area contributed by atoms with Crippen molar-refractivity contribution in [2.75, 3.05) is 26.7 Å². The molecule has 1 N–H and O–H groups in total. The molecule has 0 radical (unpaired) electrons. The predicted molar refractivity (Wildman–Crippen MR) is 64.1 cm³/mol. The minimum Gasteiger partial charge on any atom is -0.314 e. The Labute approximate surface area is 96.5 Å². The monoisotopic (exact) mass is 222 g/mol. The van der Waals surface area contributed by atoms with Gasteiger partial charge in [-0.2, -0.15) is 0 Å². The smallest absolute Gasteiger partial charge is 0.126 e. The van der Waals surface area contributed by atoms with E-state index in [9.17, 15) is 4.39 Å². The molecule has 1 aromatic carbocycles. The van der Waals surface area contributed by atoms with Crippen LogP contribution in [0.25, 0.3) is 0 Å². The lowest BCUT2D eigenvalue weighted by Crippen LogP contribution is -2.56. The van der Waals surface area contributed by atoms with E-state index in [0.29, 0.717) is 6.04 Å². The molecule has 0 saturated carbocycles. The number of rotatable bonds is 4. The maximum atomic E-state index is 13.6. The summed E-state index contributed by atoms with van der Waals surface area (Å²) < 4.78 is 13.6. The quantitative estimate of drug-likeness (QED) is 0.836. The van der Waals surface area contributed by atoms with Gasteiger partial charge in [-0.15, -0.1) is 0 Å². The molecule has 0 bridgehead atoms. The third-order valence-electron chi connectivity index (χ3n) is 3.38. The van der Waals surface area contributed by atoms with Gasteiger partial charge in [0.05, 0.1) is 0 Å². The number of nitrogens with one attached hydrogen (secondary N) is 1. The number of halogens is 1. The highest BCUT2D eigenvalue weighted by molar-refractivity contribution is 5.21. The van der Waals surface area contributed by atoms with E-state index in [0.717, 1.165) is 25.2 Å². The van der Waals surface area contributed by atoms with E-state index in [1.54, 1.807) is 6.07 Å². The number of hydrogen-bond donors (Lipinski definition) is 1. The van der Waals surface area contributed by atoms with Crippen LogP contribution in [0.15, 0.2) is 24.3 Å². The summed E-state index contributed by atoms with van der Waals surface area (Å²) in [5, 5.41) is 3.25. The summed E-state index contributed by atoms with van der Waals surface area (Å²) in [7, 11) is 2.11. The molecule has 1 aliphatic rings. The standard InChI is InChI=1S/C13H19FN2/c1-10(9-16(2)11-7-15-8-11)12-5-3-4-6-13(12)14/h3-6,10-11,15H,7-9H2,1-2H3. The Bertz CT molecular complexity index is 350. The molecular formula is C13H19FN2. The summed E-state index contributed by atoms with van der Waals surface area (Å²) >= 11 is 0. The van der Waals surface area contributed by atoms with Gasteiger partial charge in [-0.3, -0.25) is 0 Å². The van der Waals surface area contributed by atoms with Crippen molar-refractivity contribution in [3.05, 3.63) is 35.6 Å². The molecule has 0 aromatic heterocycles. The molecule has 1 fully saturated rings. The maximum absolute atomic E-state index is 13.6. The maximum Gasteiger partial charge on any atom is 0.126 e. The van der Waals surface area contributed by atoms with Crippen LogP contribution >= 0.6 is 0 Å². The molecular weight excluding hydrogens is 203 g/mol. The molecule has 0 aliphatic carbocycles. The second-order valence-corrected chi connectivity index (χ2v) is 4.67. The molecule has 3 heteroatoms. The van der Waals surface area contributed by atoms with Gasteiger partial charge >= 0.3 is 0 Å². The second kappa shape index (κ2) is 4.93. The molecule has 1 saturated heterocycles. The second-order valence-electron chi connectivity index (χ2n) is 4.67. The van der Waals surface area contributed by atoms with Crippen LogP contribution in [-0.2, 0) is 0 Å². The highest BCUT2D eigenvalue weighted by Crippen LogP contribution is 2.20. The largest absolute Gasteiger partial charge is 0.314 e. The van der Waals surface area contributed by atoms with E-state index in [1.807, 2.05) is 12.1 Å². The number of hydrogen-bond acceptors (Lipinski definition) is 2. The molecule has 2 rings (SSSR count). The topological polar surface area (TPSA) is 15.3 Å². The first-order valence-electron chi connectivity index (χ1n) is 5.84. The van der Waals surface area contributed by atoms with E-state index in [-0.39, 0.29) is 11.7 Å². The van der Waals surface area contributed by atoms with Crippen LogP contribution in [0, 0.1) is 5.82 Å². The molecule has 1 aromatic rings. The Morgan fingerprint density at radius 3 is 2.69 bits per heavy atom. The zero-order chi connectivity index (χ0) is 11.5. The Hall–Kier alpha value is -0.930. The predicted octanol–water partition coefficient (Wildman–Crippen LogP) is 1.83. The summed E-state index contributed by atoms with van der Waals surface area (Å²) in [5.74, 6) is 0.155. The van der Waals surface area contributed by atoms with E-state index in [1.165, 1.54) is 6.07 Å². The lowest BCUT2D eigenvalue weighted by atomic mass is 9.99. The zero-order valence-electron chi connectivity index (χ0n) is 9.91. The Kier molecular flexibility index (Phi) is 3.56. The van der Waals surface area contributed by atoms with E-state index < -0.39 is 0 Å². The first kappa shape index (κ1) is 11.6. The summed E-state index contributed by atoms with van der Waals surface area (Å²) in [6.07, 6.45) is 0. The van der Waals surface area contributed by atoms with Gasteiger partial charge in [0.1, 0.15) is 5.82 Å². The first-order chi connectivity index (χ1) is 7.68. The van der Waals surface area contributed by atoms with Crippen molar-refractivity contribution in [2.24, 2.45) is 0 Å². The third-order valence-corrected chi connectivity index (χ3v) is 3.38. The highest BCUT2D eigenvalue weighted by atomic mass is 19.1. The van der Waals surface area contributed by atoms with Gasteiger partial charge in [-0.05, 0) is 24.6 Å². The number of nitrogens with zero attached hydrogens (tertiary/aromatic N) is 1. The molecule has 16 heavy (non-hydrogen) atoms. The molecule has 0 amide bonds. The average Bonchev–Trinajstić information content (AvgIpc) is 2.15. The molecule has 1 unspecified atom stereocenters. The van der Waals surface area contributed by atoms with Crippen LogP contribution in [0.5, 0.6) is 0 Å². The van der Waals surface area contributed by atoms with Crippen LogP contribution in [0.3, 0.4) is 0 Å². The molecule has 88 valence electrons. The fourth-order valence-corrected chi connectivity index (χ4v) is 2.14. The van der Waals surface area contributed by atoms with E-state index in [4.69, 9.17) is 0 Å². The Morgan fingerprint density at radius 1 is 1.44 bits per heavy atom. The lowest BCUT2D eigenvalue weighted by molar-refractivity contribution is 0.172. The van der Waals surface area contributed by atoms with Crippen molar-refractivity contribution < 1.29 is 4.39 Å². The molecule has 1 heterocycles. The Balaban J connectivity index is 1.96. The minimum absolute atomic E-state index is 0.0878. The van der Waals surface area contributed by atoms with Gasteiger partial charge in [0.25, 0.3) is 0 Å². The van der Waals surface area contributed by atoms with Crippen LogP contribution < -0.4 is 5.32 Å². The summed E-state index contributed by atoms with van der Waals surface area (Å²) in [6.45, 7) is 5.11. The van der Waals surface area contributed by atoms with Crippen molar-refractivity contribution in [2.45, 2.75) is 18.9 Å². The van der Waals surface area contributed by atoms with Crippen molar-refractivity contribution in [1.29, 1.82) is 0 Å². The van der Waals surface area contributed by atoms with E-state index in [2.05, 4.69) is 24.2 Å². The van der Waals surface area contributed by atoms with Crippen LogP contribution in [-0.4, -0.2) is 37.6 Å². The molecule has 0 spiro atoms. The molecule has 1 aliphatic heterocycles. The third kappa shape index (κ3) is 2.42. The van der Waals surface area contributed by atoms with Crippen LogP contribution in [0.1, 0.15) is 18.4 Å². The van der Waals surface area contributed by atoms with Crippen molar-refractivity contribution in [3.8, 4) is 0 Å². The minimum atomic E-state index is -0.0878. The Morgan fingerprint density at radius 2 is 2.12 bits per heavy atom. The number of benzene rings is 1. The van der Waals surface area contributed by atoms with E-state index >= 15 is 0 Å². The fourth-order valence-electron chi connectivity index (χ4n) is 2.14. The normalized spacial score (nSPS) is 18.5. The highest BCUT2D eigenvalue weighted by Gasteiger charge is 2.23. The van der Waals surface area contributed by atoms with Crippen molar-refractivity contribution >= 4 is 0 Å². The fraction of sp³-hybridized carbons (Fsp3) is 0.538. The van der Waals surface area contributed by atoms with Gasteiger partial charge in [-0.1, -0.05) is 25.1 Å². The SMILES string of the molecule is CC(CN(C)C1CNC1)c1ccccc1F. The van der Waals surface area contributed by atoms with Crippen molar-refractivity contribution in [1.82, 2.24) is 10.2 Å². The lowest BCUT2D eigenvalue weighted by Gasteiger charge is -2.37. The van der Waals surface area contributed by atoms with Gasteiger partial charge in [0.15, 0.2) is 0 Å². The average molecular weight is 222 g/mol. The summed E-state index contributed by atoms with van der Waals surface area (Å²) in [6, 6.07) is 7.68. The molecule has 1 atom stereocenters.